The van der Waals surface area contributed by atoms with Crippen molar-refractivity contribution in [3.63, 3.8) is 0 Å². The van der Waals surface area contributed by atoms with Crippen molar-refractivity contribution in [2.24, 2.45) is 0 Å². The summed E-state index contributed by atoms with van der Waals surface area (Å²) in [5, 5.41) is 8.99. The summed E-state index contributed by atoms with van der Waals surface area (Å²) in [4.78, 5) is 32.2. The number of amides is 2. The van der Waals surface area contributed by atoms with Crippen LogP contribution in [0.5, 0.6) is 0 Å². The number of carbonyl (C=O) groups excluding carboxylic acids is 2. The van der Waals surface area contributed by atoms with Crippen molar-refractivity contribution < 1.29 is 14.0 Å². The Balaban J connectivity index is 1.11. The SMILES string of the molecule is O=C1NC(=O)/C(=C/c2ccnc(NC3CCC(NCc4cccc(-c5ccco5)c4)CC3)n2)S1. The molecule has 1 aliphatic heterocycles. The van der Waals surface area contributed by atoms with Gasteiger partial charge in [0.15, 0.2) is 0 Å². The molecule has 2 aliphatic rings. The maximum atomic E-state index is 11.7. The van der Waals surface area contributed by atoms with Crippen LogP contribution in [-0.4, -0.2) is 33.2 Å². The quantitative estimate of drug-likeness (QED) is 0.426. The Bertz CT molecular complexity index is 1200. The largest absolute Gasteiger partial charge is 0.464 e. The van der Waals surface area contributed by atoms with Crippen molar-refractivity contribution in [1.82, 2.24) is 20.6 Å². The molecule has 3 N–H and O–H groups in total. The van der Waals surface area contributed by atoms with Gasteiger partial charge in [0.05, 0.1) is 16.9 Å². The molecule has 1 saturated carbocycles. The third kappa shape index (κ3) is 5.55. The van der Waals surface area contributed by atoms with Gasteiger partial charge in [-0.25, -0.2) is 9.97 Å². The number of hydrogen-bond donors (Lipinski definition) is 3. The number of furan rings is 1. The predicted molar refractivity (Wildman–Crippen MR) is 132 cm³/mol. The molecule has 34 heavy (non-hydrogen) atoms. The summed E-state index contributed by atoms with van der Waals surface area (Å²) in [7, 11) is 0. The van der Waals surface area contributed by atoms with Crippen molar-refractivity contribution >= 4 is 34.9 Å². The van der Waals surface area contributed by atoms with Crippen molar-refractivity contribution in [1.29, 1.82) is 0 Å². The Morgan fingerprint density at radius 2 is 1.94 bits per heavy atom. The van der Waals surface area contributed by atoms with Crippen LogP contribution in [0.25, 0.3) is 17.4 Å². The molecule has 0 atom stereocenters. The second-order valence-electron chi connectivity index (χ2n) is 8.41. The summed E-state index contributed by atoms with van der Waals surface area (Å²) in [6.07, 6.45) is 9.14. The van der Waals surface area contributed by atoms with Crippen LogP contribution in [0.3, 0.4) is 0 Å². The molecule has 174 valence electrons. The average molecular weight is 476 g/mol. The number of thioether (sulfide) groups is 1. The fourth-order valence-electron chi connectivity index (χ4n) is 4.24. The molecular formula is C25H25N5O3S. The van der Waals surface area contributed by atoms with E-state index in [-0.39, 0.29) is 11.1 Å². The number of carbonyl (C=O) groups is 2. The van der Waals surface area contributed by atoms with Crippen molar-refractivity contribution in [2.45, 2.75) is 44.3 Å². The Kier molecular flexibility index (Phi) is 6.73. The maximum absolute atomic E-state index is 11.7. The number of benzene rings is 1. The molecule has 5 rings (SSSR count). The van der Waals surface area contributed by atoms with Gasteiger partial charge in [0.2, 0.25) is 5.95 Å². The molecule has 0 bridgehead atoms. The number of aromatic nitrogens is 2. The van der Waals surface area contributed by atoms with Crippen LogP contribution in [0.15, 0.2) is 64.2 Å². The van der Waals surface area contributed by atoms with Gasteiger partial charge in [-0.3, -0.25) is 14.9 Å². The minimum Gasteiger partial charge on any atom is -0.464 e. The smallest absolute Gasteiger partial charge is 0.290 e. The van der Waals surface area contributed by atoms with E-state index >= 15 is 0 Å². The monoisotopic (exact) mass is 475 g/mol. The van der Waals surface area contributed by atoms with Crippen LogP contribution < -0.4 is 16.0 Å². The van der Waals surface area contributed by atoms with Crippen LogP contribution >= 0.6 is 11.8 Å². The highest BCUT2D eigenvalue weighted by atomic mass is 32.2. The molecule has 0 radical (unpaired) electrons. The zero-order valence-corrected chi connectivity index (χ0v) is 19.3. The first-order chi connectivity index (χ1) is 16.6. The number of imide groups is 1. The molecular weight excluding hydrogens is 450 g/mol. The van der Waals surface area contributed by atoms with Crippen molar-refractivity contribution in [2.75, 3.05) is 5.32 Å². The normalized spacial score (nSPS) is 21.6. The van der Waals surface area contributed by atoms with Gasteiger partial charge in [-0.1, -0.05) is 18.2 Å². The summed E-state index contributed by atoms with van der Waals surface area (Å²) in [5.74, 6) is 1.03. The summed E-state index contributed by atoms with van der Waals surface area (Å²) >= 11 is 0.882. The van der Waals surface area contributed by atoms with Crippen LogP contribution in [0.4, 0.5) is 10.7 Å². The Labute approximate surface area is 201 Å². The second kappa shape index (κ2) is 10.2. The molecule has 2 fully saturated rings. The Hall–Kier alpha value is -3.43. The van der Waals surface area contributed by atoms with Crippen LogP contribution in [0.2, 0.25) is 0 Å². The van der Waals surface area contributed by atoms with Gasteiger partial charge < -0.3 is 15.1 Å². The van der Waals surface area contributed by atoms with E-state index in [0.717, 1.165) is 55.3 Å². The first kappa shape index (κ1) is 22.4. The van der Waals surface area contributed by atoms with Crippen molar-refractivity contribution in [3.8, 4) is 11.3 Å². The lowest BCUT2D eigenvalue weighted by molar-refractivity contribution is -0.115. The van der Waals surface area contributed by atoms with Gasteiger partial charge in [-0.2, -0.15) is 0 Å². The summed E-state index contributed by atoms with van der Waals surface area (Å²) in [6, 6.07) is 14.8. The third-order valence-corrected chi connectivity index (χ3v) is 6.80. The number of rotatable bonds is 7. The molecule has 0 spiro atoms. The number of hydrogen-bond acceptors (Lipinski definition) is 8. The lowest BCUT2D eigenvalue weighted by atomic mass is 9.91. The van der Waals surface area contributed by atoms with Crippen LogP contribution in [0, 0.1) is 0 Å². The van der Waals surface area contributed by atoms with Crippen LogP contribution in [0.1, 0.15) is 36.9 Å². The highest BCUT2D eigenvalue weighted by Gasteiger charge is 2.25. The number of nitrogens with one attached hydrogen (secondary N) is 3. The zero-order valence-electron chi connectivity index (χ0n) is 18.5. The Morgan fingerprint density at radius 1 is 1.09 bits per heavy atom. The van der Waals surface area contributed by atoms with E-state index in [2.05, 4.69) is 50.2 Å². The zero-order chi connectivity index (χ0) is 23.3. The fourth-order valence-corrected chi connectivity index (χ4v) is 4.91. The number of nitrogens with zero attached hydrogens (tertiary/aromatic N) is 2. The minimum absolute atomic E-state index is 0.300. The van der Waals surface area contributed by atoms with E-state index in [9.17, 15) is 9.59 Å². The van der Waals surface area contributed by atoms with Gasteiger partial charge in [-0.15, -0.1) is 0 Å². The molecule has 3 aromatic rings. The lowest BCUT2D eigenvalue weighted by Gasteiger charge is -2.30. The molecule has 1 aromatic carbocycles. The van der Waals surface area contributed by atoms with Gasteiger partial charge >= 0.3 is 0 Å². The van der Waals surface area contributed by atoms with E-state index in [1.54, 1.807) is 24.6 Å². The summed E-state index contributed by atoms with van der Waals surface area (Å²) in [5.41, 5.74) is 2.93. The summed E-state index contributed by atoms with van der Waals surface area (Å²) < 4.78 is 5.51. The molecule has 2 aromatic heterocycles. The molecule has 9 heteroatoms. The Morgan fingerprint density at radius 3 is 2.71 bits per heavy atom. The first-order valence-corrected chi connectivity index (χ1v) is 12.1. The van der Waals surface area contributed by atoms with Gasteiger partial charge in [-0.05, 0) is 73.4 Å². The molecule has 1 saturated heterocycles. The topological polar surface area (TPSA) is 109 Å². The highest BCUT2D eigenvalue weighted by molar-refractivity contribution is 8.18. The highest BCUT2D eigenvalue weighted by Crippen LogP contribution is 2.26. The van der Waals surface area contributed by atoms with Crippen LogP contribution in [-0.2, 0) is 11.3 Å². The van der Waals surface area contributed by atoms with E-state index in [4.69, 9.17) is 4.42 Å². The molecule has 1 aliphatic carbocycles. The van der Waals surface area contributed by atoms with E-state index in [1.807, 2.05) is 12.1 Å². The molecule has 0 unspecified atom stereocenters. The maximum Gasteiger partial charge on any atom is 0.290 e. The lowest BCUT2D eigenvalue weighted by Crippen LogP contribution is -2.36. The van der Waals surface area contributed by atoms with Gasteiger partial charge in [0.25, 0.3) is 11.1 Å². The summed E-state index contributed by atoms with van der Waals surface area (Å²) in [6.45, 7) is 0.825. The van der Waals surface area contributed by atoms with E-state index < -0.39 is 0 Å². The van der Waals surface area contributed by atoms with E-state index in [1.165, 1.54) is 5.56 Å². The first-order valence-electron chi connectivity index (χ1n) is 11.3. The number of anilines is 1. The minimum atomic E-state index is -0.387. The van der Waals surface area contributed by atoms with Crippen molar-refractivity contribution in [3.05, 3.63) is 71.1 Å². The van der Waals surface area contributed by atoms with E-state index in [0.29, 0.717) is 28.6 Å². The molecule has 3 heterocycles. The van der Waals surface area contributed by atoms with Gasteiger partial charge in [0, 0.05) is 30.4 Å². The van der Waals surface area contributed by atoms with Gasteiger partial charge in [0.1, 0.15) is 5.76 Å². The fraction of sp³-hybridized carbons (Fsp3) is 0.280. The molecule has 2 amide bonds. The third-order valence-electron chi connectivity index (χ3n) is 5.99. The second-order valence-corrected chi connectivity index (χ2v) is 9.42. The standard InChI is InChI=1S/C25H25N5O3S/c31-23-22(34-25(32)30-23)14-20-10-11-26-24(29-20)28-19-8-6-18(7-9-19)27-15-16-3-1-4-17(13-16)21-5-2-12-33-21/h1-5,10-14,18-19,27H,6-9,15H2,(H,26,28,29)(H,30,31,32)/b22-14-. The predicted octanol–water partition coefficient (Wildman–Crippen LogP) is 4.57. The molecule has 8 nitrogen and oxygen atoms in total. The average Bonchev–Trinajstić information content (AvgIpc) is 3.49.